The van der Waals surface area contributed by atoms with Crippen LogP contribution in [-0.4, -0.2) is 28.8 Å². The van der Waals surface area contributed by atoms with E-state index in [9.17, 15) is 4.79 Å². The topological polar surface area (TPSA) is 36.1 Å². The molecule has 32 heavy (non-hydrogen) atoms. The zero-order valence-electron chi connectivity index (χ0n) is 19.8. The first-order chi connectivity index (χ1) is 15.5. The lowest BCUT2D eigenvalue weighted by atomic mass is 9.89. The molecule has 1 aliphatic heterocycles. The quantitative estimate of drug-likeness (QED) is 0.337. The van der Waals surface area contributed by atoms with E-state index in [0.29, 0.717) is 0 Å². The number of allylic oxidation sites excluding steroid dienone is 1. The first kappa shape index (κ1) is 23.6. The fourth-order valence-electron chi connectivity index (χ4n) is 4.59. The van der Waals surface area contributed by atoms with Gasteiger partial charge in [-0.25, -0.2) is 0 Å². The summed E-state index contributed by atoms with van der Waals surface area (Å²) < 4.78 is 0. The van der Waals surface area contributed by atoms with Crippen LogP contribution in [0.25, 0.3) is 16.6 Å². The van der Waals surface area contributed by atoms with Crippen LogP contribution >= 0.6 is 0 Å². The minimum atomic E-state index is 0.0961. The molecule has 1 aliphatic rings. The second-order valence-corrected chi connectivity index (χ2v) is 8.64. The maximum absolute atomic E-state index is 12.0. The number of hydrogen-bond acceptors (Lipinski definition) is 2. The summed E-state index contributed by atoms with van der Waals surface area (Å²) in [5.74, 6) is 0.836. The van der Waals surface area contributed by atoms with E-state index >= 15 is 0 Å². The van der Waals surface area contributed by atoms with Crippen LogP contribution in [0.1, 0.15) is 60.7 Å². The van der Waals surface area contributed by atoms with E-state index < -0.39 is 0 Å². The van der Waals surface area contributed by atoms with Gasteiger partial charge in [-0.05, 0) is 68.7 Å². The molecule has 1 N–H and O–H groups in total. The van der Waals surface area contributed by atoms with Crippen LogP contribution in [0, 0.1) is 5.92 Å². The van der Waals surface area contributed by atoms with E-state index in [-0.39, 0.29) is 5.78 Å². The van der Waals surface area contributed by atoms with Gasteiger partial charge in [0, 0.05) is 47.0 Å². The smallest absolute Gasteiger partial charge is 0.161 e. The summed E-state index contributed by atoms with van der Waals surface area (Å²) in [6, 6.07) is 15.2. The fraction of sp³-hybridized carbons (Fsp3) is 0.345. The number of hydrogen-bond donors (Lipinski definition) is 1. The highest BCUT2D eigenvalue weighted by molar-refractivity contribution is 6.07. The van der Waals surface area contributed by atoms with Crippen molar-refractivity contribution in [2.45, 2.75) is 46.5 Å². The van der Waals surface area contributed by atoms with E-state index in [0.717, 1.165) is 47.6 Å². The highest BCUT2D eigenvalue weighted by Crippen LogP contribution is 2.32. The number of benzene rings is 2. The summed E-state index contributed by atoms with van der Waals surface area (Å²) in [5, 5.41) is 1.00. The standard InChI is InChI=1S/C26H30N2O.C3H6/c1-4-22-15-26-24(25(17-27-26)19(3)29)16-23(22)18(2)28-12-10-21(11-13-28)14-20-8-6-5-7-9-20;1-3-2/h5-9,15-17,21,27H,2,4,10-14H2,1,3H3;3H,1H2,2H3. The predicted octanol–water partition coefficient (Wildman–Crippen LogP) is 7.05. The van der Waals surface area contributed by atoms with Gasteiger partial charge in [-0.1, -0.05) is 49.9 Å². The van der Waals surface area contributed by atoms with Gasteiger partial charge in [-0.2, -0.15) is 0 Å². The number of Topliss-reactive ketones (excluding diaryl/α,β-unsaturated/α-hetero) is 1. The largest absolute Gasteiger partial charge is 0.372 e. The second kappa shape index (κ2) is 11.0. The van der Waals surface area contributed by atoms with Gasteiger partial charge in [-0.3, -0.25) is 4.79 Å². The van der Waals surface area contributed by atoms with Crippen LogP contribution in [0.3, 0.4) is 0 Å². The monoisotopic (exact) mass is 428 g/mol. The average molecular weight is 429 g/mol. The lowest BCUT2D eigenvalue weighted by Gasteiger charge is -2.35. The Kier molecular flexibility index (Phi) is 8.10. The van der Waals surface area contributed by atoms with Gasteiger partial charge in [0.15, 0.2) is 5.78 Å². The van der Waals surface area contributed by atoms with Gasteiger partial charge < -0.3 is 9.88 Å². The summed E-state index contributed by atoms with van der Waals surface area (Å²) >= 11 is 0. The molecule has 0 aliphatic carbocycles. The Morgan fingerprint density at radius 2 is 1.81 bits per heavy atom. The second-order valence-electron chi connectivity index (χ2n) is 8.64. The maximum Gasteiger partial charge on any atom is 0.161 e. The third-order valence-corrected chi connectivity index (χ3v) is 6.34. The molecule has 3 aromatic rings. The predicted molar refractivity (Wildman–Crippen MR) is 137 cm³/mol. The molecule has 0 saturated carbocycles. The molecule has 0 radical (unpaired) electrons. The molecule has 1 saturated heterocycles. The summed E-state index contributed by atoms with van der Waals surface area (Å²) in [7, 11) is 0. The fourth-order valence-corrected chi connectivity index (χ4v) is 4.59. The van der Waals surface area contributed by atoms with Crippen molar-refractivity contribution in [1.82, 2.24) is 9.88 Å². The van der Waals surface area contributed by atoms with E-state index in [4.69, 9.17) is 0 Å². The molecular formula is C29H36N2O. The van der Waals surface area contributed by atoms with Crippen molar-refractivity contribution >= 4 is 22.4 Å². The first-order valence-corrected chi connectivity index (χ1v) is 11.7. The zero-order chi connectivity index (χ0) is 23.1. The Bertz CT molecular complexity index is 1070. The molecule has 0 amide bonds. The van der Waals surface area contributed by atoms with Crippen LogP contribution in [0.15, 0.2) is 67.9 Å². The number of nitrogens with zero attached hydrogens (tertiary/aromatic N) is 1. The number of fused-ring (bicyclic) bond motifs is 1. The number of nitrogens with one attached hydrogen (secondary N) is 1. The van der Waals surface area contributed by atoms with Crippen LogP contribution in [0.4, 0.5) is 0 Å². The number of carbonyl (C=O) groups excluding carboxylic acids is 1. The van der Waals surface area contributed by atoms with Crippen molar-refractivity contribution in [2.24, 2.45) is 5.92 Å². The van der Waals surface area contributed by atoms with Gasteiger partial charge in [0.1, 0.15) is 0 Å². The van der Waals surface area contributed by atoms with Crippen molar-refractivity contribution in [3.8, 4) is 0 Å². The number of piperidine rings is 1. The third-order valence-electron chi connectivity index (χ3n) is 6.34. The van der Waals surface area contributed by atoms with Gasteiger partial charge in [0.05, 0.1) is 0 Å². The molecule has 0 spiro atoms. The highest BCUT2D eigenvalue weighted by atomic mass is 16.1. The van der Waals surface area contributed by atoms with Crippen LogP contribution in [-0.2, 0) is 12.8 Å². The zero-order valence-corrected chi connectivity index (χ0v) is 19.8. The molecule has 3 nitrogen and oxygen atoms in total. The summed E-state index contributed by atoms with van der Waals surface area (Å²) in [6.07, 6.45) is 8.08. The number of aryl methyl sites for hydroxylation is 1. The Morgan fingerprint density at radius 1 is 1.16 bits per heavy atom. The Morgan fingerprint density at radius 3 is 2.41 bits per heavy atom. The minimum absolute atomic E-state index is 0.0961. The highest BCUT2D eigenvalue weighted by Gasteiger charge is 2.22. The number of ketones is 1. The minimum Gasteiger partial charge on any atom is -0.372 e. The Balaban J connectivity index is 0.000000913. The van der Waals surface area contributed by atoms with Crippen molar-refractivity contribution in [1.29, 1.82) is 0 Å². The van der Waals surface area contributed by atoms with Crippen molar-refractivity contribution in [3.05, 3.63) is 90.1 Å². The number of aromatic nitrogens is 1. The molecule has 1 fully saturated rings. The average Bonchev–Trinajstić information content (AvgIpc) is 3.23. The van der Waals surface area contributed by atoms with Gasteiger partial charge in [0.25, 0.3) is 0 Å². The molecule has 2 aromatic carbocycles. The Labute approximate surface area is 192 Å². The van der Waals surface area contributed by atoms with Crippen LogP contribution < -0.4 is 0 Å². The molecular weight excluding hydrogens is 392 g/mol. The Hall–Kier alpha value is -3.07. The summed E-state index contributed by atoms with van der Waals surface area (Å²) in [4.78, 5) is 17.7. The molecule has 0 atom stereocenters. The summed E-state index contributed by atoms with van der Waals surface area (Å²) in [5.41, 5.74) is 6.79. The van der Waals surface area contributed by atoms with Crippen molar-refractivity contribution < 1.29 is 4.79 Å². The third kappa shape index (κ3) is 5.40. The SMILES string of the molecule is C=C(c1cc2c(C(C)=O)c[nH]c2cc1CC)N1CCC(Cc2ccccc2)CC1.C=CC. The van der Waals surface area contributed by atoms with Gasteiger partial charge in [-0.15, -0.1) is 6.58 Å². The van der Waals surface area contributed by atoms with Crippen LogP contribution in [0.5, 0.6) is 0 Å². The van der Waals surface area contributed by atoms with E-state index in [2.05, 4.69) is 72.4 Å². The van der Waals surface area contributed by atoms with E-state index in [1.165, 1.54) is 36.0 Å². The van der Waals surface area contributed by atoms with E-state index in [1.54, 1.807) is 13.0 Å². The number of rotatable bonds is 6. The lowest BCUT2D eigenvalue weighted by Crippen LogP contribution is -2.33. The number of aromatic amines is 1. The number of likely N-dealkylation sites (tertiary alicyclic amines) is 1. The first-order valence-electron chi connectivity index (χ1n) is 11.7. The van der Waals surface area contributed by atoms with Crippen molar-refractivity contribution in [2.75, 3.05) is 13.1 Å². The maximum atomic E-state index is 12.0. The molecule has 0 unspecified atom stereocenters. The number of H-pyrrole nitrogens is 1. The van der Waals surface area contributed by atoms with Gasteiger partial charge in [0.2, 0.25) is 0 Å². The van der Waals surface area contributed by atoms with Crippen LogP contribution in [0.2, 0.25) is 0 Å². The molecule has 2 heterocycles. The normalized spacial score (nSPS) is 14.0. The molecule has 168 valence electrons. The lowest BCUT2D eigenvalue weighted by molar-refractivity contribution is 0.101. The molecule has 1 aromatic heterocycles. The number of carbonyl (C=O) groups is 1. The van der Waals surface area contributed by atoms with E-state index in [1.807, 2.05) is 13.1 Å². The molecule has 0 bridgehead atoms. The van der Waals surface area contributed by atoms with Gasteiger partial charge >= 0.3 is 0 Å². The molecule has 3 heteroatoms. The molecule has 4 rings (SSSR count). The van der Waals surface area contributed by atoms with Crippen molar-refractivity contribution in [3.63, 3.8) is 0 Å². The summed E-state index contributed by atoms with van der Waals surface area (Å²) in [6.45, 7) is 15.6.